The fourth-order valence-electron chi connectivity index (χ4n) is 13.8. The summed E-state index contributed by atoms with van der Waals surface area (Å²) in [6.45, 7) is 7.59. The van der Waals surface area contributed by atoms with Gasteiger partial charge >= 0.3 is 0 Å². The third-order valence-corrected chi connectivity index (χ3v) is 19.4. The second-order valence-corrected chi connectivity index (χ2v) is 25.2. The van der Waals surface area contributed by atoms with Crippen LogP contribution in [0.1, 0.15) is 135 Å². The second-order valence-electron chi connectivity index (χ2n) is 24.8. The Bertz CT molecular complexity index is 4060. The summed E-state index contributed by atoms with van der Waals surface area (Å²) in [5, 5.41) is 3.06. The lowest BCUT2D eigenvalue weighted by atomic mass is 9.74. The molecule has 8 aromatic rings. The van der Waals surface area contributed by atoms with E-state index in [1.165, 1.54) is 16.7 Å². The van der Waals surface area contributed by atoms with Gasteiger partial charge in [0.05, 0.1) is 19.8 Å². The minimum atomic E-state index is -0.0757. The second kappa shape index (κ2) is 27.1. The van der Waals surface area contributed by atoms with Crippen LogP contribution in [0.3, 0.4) is 0 Å². The number of fused-ring (bicyclic) bond motifs is 6. The average molecular weight is 1250 g/mol. The average Bonchev–Trinajstić information content (AvgIpc) is 1.68. The Balaban J connectivity index is 0.000000133. The van der Waals surface area contributed by atoms with Crippen molar-refractivity contribution in [3.8, 4) is 17.2 Å². The van der Waals surface area contributed by atoms with Gasteiger partial charge in [-0.2, -0.15) is 0 Å². The largest absolute Gasteiger partial charge is 0.492 e. The van der Waals surface area contributed by atoms with E-state index in [-0.39, 0.29) is 50.6 Å². The van der Waals surface area contributed by atoms with Gasteiger partial charge in [0, 0.05) is 136 Å². The van der Waals surface area contributed by atoms with Crippen LogP contribution < -0.4 is 42.5 Å². The summed E-state index contributed by atoms with van der Waals surface area (Å²) in [5.74, 6) is 2.72. The first-order chi connectivity index (χ1) is 44.7. The lowest BCUT2D eigenvalue weighted by Gasteiger charge is -2.38. The normalized spacial score (nSPS) is 16.7. The molecule has 0 bridgehead atoms. The van der Waals surface area contributed by atoms with E-state index in [4.69, 9.17) is 49.4 Å². The fraction of sp³-hybridized carbons (Fsp3) is 0.280. The van der Waals surface area contributed by atoms with Crippen molar-refractivity contribution >= 4 is 52.3 Å². The number of benzene rings is 8. The molecule has 14 rings (SSSR count). The van der Waals surface area contributed by atoms with Crippen LogP contribution in [0, 0.1) is 0 Å². The Hall–Kier alpha value is -9.52. The van der Waals surface area contributed by atoms with Gasteiger partial charge in [0.15, 0.2) is 16.7 Å². The molecule has 0 saturated carbocycles. The van der Waals surface area contributed by atoms with Gasteiger partial charge in [0.1, 0.15) is 17.2 Å². The number of nitrogens with one attached hydrogen (secondary N) is 1. The number of anilines is 1. The molecule has 92 heavy (non-hydrogen) atoms. The van der Waals surface area contributed by atoms with Gasteiger partial charge in [-0.05, 0) is 128 Å². The summed E-state index contributed by atoms with van der Waals surface area (Å²) in [4.78, 5) is 70.4. The van der Waals surface area contributed by atoms with E-state index in [0.717, 1.165) is 78.2 Å². The molecule has 6 aliphatic rings. The van der Waals surface area contributed by atoms with E-state index in [1.54, 1.807) is 78.9 Å². The molecule has 3 spiro atoms. The molecular weight excluding hydrogens is 1170 g/mol. The standard InChI is InChI=1S/2C27H26N2O3.C21H24N4O2S/c28-17-19-9-10-24-23(15-19)27(18-32-24)11-13-29(14-12-27)26(31)22-8-4-7-21(16-22)25(30)20-5-2-1-3-6-20;28-17-19-6-11-24-23(16-19)27(18-32-24)12-14-29(15-13-27)26(31)22-9-7-21(8-10-22)25(30)20-4-2-1-3-5-20;22-12-14-4-5-18-17(10-14)21(13-27-18)6-8-25(9-7-21)19(26)15-2-1-3-16(11-15)24-20(23)28/h1-10,15-16H,11-14,17-18,28H2;1-11,16H,12-15,17-18,28H2;1-5,10-11H,6-9,12-13,22H2,(H3,23,24,28). The summed E-state index contributed by atoms with van der Waals surface area (Å²) in [5.41, 5.74) is 34.8. The highest BCUT2D eigenvalue weighted by Crippen LogP contribution is 2.49. The molecule has 9 N–H and O–H groups in total. The number of hydrogen-bond acceptors (Lipinski definition) is 12. The van der Waals surface area contributed by atoms with E-state index in [2.05, 4.69) is 23.5 Å². The zero-order valence-electron chi connectivity index (χ0n) is 51.5. The van der Waals surface area contributed by atoms with E-state index in [1.807, 2.05) is 106 Å². The molecule has 3 saturated heterocycles. The molecule has 17 heteroatoms. The molecule has 16 nitrogen and oxygen atoms in total. The first-order valence-corrected chi connectivity index (χ1v) is 31.9. The number of carbonyl (C=O) groups is 5. The number of hydrogen-bond donors (Lipinski definition) is 5. The van der Waals surface area contributed by atoms with E-state index in [0.29, 0.717) is 118 Å². The SMILES string of the molecule is NCc1ccc2c(c1)C1(CCN(C(=O)c3ccc(C(=O)c4ccccc4)cc3)CC1)CO2.NCc1ccc2c(c1)C1(CCN(C(=O)c3cccc(C(=O)c4ccccc4)c3)CC1)CO2.NCc1ccc2c(c1)C1(CCN(C(=O)c3cccc(NC(N)=S)c3)CC1)CO2. The molecule has 470 valence electrons. The van der Waals surface area contributed by atoms with Crippen molar-refractivity contribution in [1.29, 1.82) is 0 Å². The van der Waals surface area contributed by atoms with Crippen LogP contribution in [-0.4, -0.2) is 108 Å². The molecule has 0 atom stereocenters. The van der Waals surface area contributed by atoms with Crippen LogP contribution in [-0.2, 0) is 35.9 Å². The monoisotopic (exact) mass is 1250 g/mol. The number of ketones is 2. The highest BCUT2D eigenvalue weighted by molar-refractivity contribution is 7.80. The van der Waals surface area contributed by atoms with Gasteiger partial charge in [-0.15, -0.1) is 0 Å². The zero-order valence-corrected chi connectivity index (χ0v) is 52.3. The molecule has 6 heterocycles. The third-order valence-electron chi connectivity index (χ3n) is 19.3. The maximum absolute atomic E-state index is 13.2. The fourth-order valence-corrected chi connectivity index (χ4v) is 13.9. The highest BCUT2D eigenvalue weighted by atomic mass is 32.1. The van der Waals surface area contributed by atoms with Crippen LogP contribution in [0.5, 0.6) is 17.2 Å². The summed E-state index contributed by atoms with van der Waals surface area (Å²) >= 11 is 4.87. The third kappa shape index (κ3) is 13.0. The summed E-state index contributed by atoms with van der Waals surface area (Å²) in [6.07, 6.45) is 5.19. The molecule has 0 unspecified atom stereocenters. The Morgan fingerprint density at radius 1 is 0.380 bits per heavy atom. The van der Waals surface area contributed by atoms with Gasteiger partial charge in [0.2, 0.25) is 0 Å². The molecular formula is C75H76N8O8S. The summed E-state index contributed by atoms with van der Waals surface area (Å²) < 4.78 is 17.9. The summed E-state index contributed by atoms with van der Waals surface area (Å²) in [7, 11) is 0. The lowest BCUT2D eigenvalue weighted by molar-refractivity contribution is 0.0639. The van der Waals surface area contributed by atoms with Crippen molar-refractivity contribution in [1.82, 2.24) is 14.7 Å². The zero-order chi connectivity index (χ0) is 64.0. The maximum Gasteiger partial charge on any atom is 0.253 e. The van der Waals surface area contributed by atoms with Crippen molar-refractivity contribution in [3.05, 3.63) is 260 Å². The number of piperidine rings is 3. The molecule has 3 fully saturated rings. The van der Waals surface area contributed by atoms with Gasteiger partial charge in [0.25, 0.3) is 17.7 Å². The molecule has 0 radical (unpaired) electrons. The first kappa shape index (κ1) is 62.7. The number of ether oxygens (including phenoxy) is 3. The molecule has 0 aromatic heterocycles. The minimum absolute atomic E-state index is 0.00778. The predicted octanol–water partition coefficient (Wildman–Crippen LogP) is 10.3. The predicted molar refractivity (Wildman–Crippen MR) is 359 cm³/mol. The Morgan fingerprint density at radius 3 is 1.10 bits per heavy atom. The highest BCUT2D eigenvalue weighted by Gasteiger charge is 2.47. The van der Waals surface area contributed by atoms with E-state index < -0.39 is 0 Å². The van der Waals surface area contributed by atoms with Crippen LogP contribution in [0.15, 0.2) is 188 Å². The maximum atomic E-state index is 13.2. The van der Waals surface area contributed by atoms with E-state index >= 15 is 0 Å². The quantitative estimate of drug-likeness (QED) is 0.0598. The van der Waals surface area contributed by atoms with Gasteiger partial charge in [-0.25, -0.2) is 0 Å². The number of carbonyl (C=O) groups excluding carboxylic acids is 5. The minimum Gasteiger partial charge on any atom is -0.492 e. The van der Waals surface area contributed by atoms with Gasteiger partial charge < -0.3 is 57.2 Å². The van der Waals surface area contributed by atoms with E-state index in [9.17, 15) is 24.0 Å². The van der Waals surface area contributed by atoms with Crippen molar-refractivity contribution in [2.75, 3.05) is 64.4 Å². The smallest absolute Gasteiger partial charge is 0.253 e. The molecule has 8 aromatic carbocycles. The van der Waals surface area contributed by atoms with Crippen molar-refractivity contribution in [2.24, 2.45) is 22.9 Å². The molecule has 0 aliphatic carbocycles. The van der Waals surface area contributed by atoms with Crippen molar-refractivity contribution in [2.45, 2.75) is 74.4 Å². The van der Waals surface area contributed by atoms with Crippen LogP contribution >= 0.6 is 12.2 Å². The number of likely N-dealkylation sites (tertiary alicyclic amines) is 3. The van der Waals surface area contributed by atoms with Crippen LogP contribution in [0.2, 0.25) is 0 Å². The van der Waals surface area contributed by atoms with Crippen LogP contribution in [0.25, 0.3) is 0 Å². The van der Waals surface area contributed by atoms with Gasteiger partial charge in [-0.1, -0.05) is 127 Å². The Kier molecular flexibility index (Phi) is 18.5. The van der Waals surface area contributed by atoms with Crippen LogP contribution in [0.4, 0.5) is 5.69 Å². The number of nitrogens with zero attached hydrogens (tertiary/aromatic N) is 3. The summed E-state index contributed by atoms with van der Waals surface area (Å²) in [6, 6.07) is 58.2. The van der Waals surface area contributed by atoms with Crippen molar-refractivity contribution in [3.63, 3.8) is 0 Å². The topological polar surface area (TPSA) is 239 Å². The molecule has 6 aliphatic heterocycles. The number of nitrogens with two attached hydrogens (primary N) is 4. The van der Waals surface area contributed by atoms with Gasteiger partial charge in [-0.3, -0.25) is 24.0 Å². The lowest BCUT2D eigenvalue weighted by Crippen LogP contribution is -2.46. The number of amides is 3. The number of thiocarbonyl (C=S) groups is 1. The Labute approximate surface area is 541 Å². The van der Waals surface area contributed by atoms with Crippen molar-refractivity contribution < 1.29 is 38.2 Å². The molecule has 3 amide bonds. The Morgan fingerprint density at radius 2 is 0.707 bits per heavy atom. The first-order valence-electron chi connectivity index (χ1n) is 31.5. The number of rotatable bonds is 11.